The van der Waals surface area contributed by atoms with Gasteiger partial charge in [-0.25, -0.2) is 4.98 Å². The van der Waals surface area contributed by atoms with Crippen molar-refractivity contribution in [2.24, 2.45) is 0 Å². The topological polar surface area (TPSA) is 34.9 Å². The molecule has 2 aromatic rings. The normalized spacial score (nSPS) is 10.6. The Morgan fingerprint density at radius 2 is 1.94 bits per heavy atom. The van der Waals surface area contributed by atoms with Crippen LogP contribution in [0.4, 0.5) is 0 Å². The Bertz CT molecular complexity index is 549. The molecule has 0 saturated carbocycles. The molecule has 1 aromatic carbocycles. The van der Waals surface area contributed by atoms with E-state index in [1.165, 1.54) is 0 Å². The Kier molecular flexibility index (Phi) is 3.60. The molecular weight excluding hydrogens is 224 g/mol. The molecule has 94 valence electrons. The van der Waals surface area contributed by atoms with Gasteiger partial charge in [-0.15, -0.1) is 0 Å². The first-order chi connectivity index (χ1) is 8.63. The number of benzene rings is 1. The summed E-state index contributed by atoms with van der Waals surface area (Å²) >= 11 is 0. The summed E-state index contributed by atoms with van der Waals surface area (Å²) in [6, 6.07) is 5.94. The third kappa shape index (κ3) is 2.35. The molecule has 2 rings (SSSR count). The van der Waals surface area contributed by atoms with Gasteiger partial charge in [0.1, 0.15) is 5.82 Å². The molecule has 0 aliphatic carbocycles. The molecule has 18 heavy (non-hydrogen) atoms. The van der Waals surface area contributed by atoms with Crippen LogP contribution in [0.3, 0.4) is 0 Å². The van der Waals surface area contributed by atoms with E-state index in [1.807, 2.05) is 42.8 Å². The Balaban J connectivity index is 2.28. The molecule has 1 heterocycles. The van der Waals surface area contributed by atoms with E-state index in [9.17, 15) is 4.79 Å². The van der Waals surface area contributed by atoms with Gasteiger partial charge in [-0.1, -0.05) is 18.2 Å². The molecule has 0 amide bonds. The lowest BCUT2D eigenvalue weighted by atomic mass is 9.97. The highest BCUT2D eigenvalue weighted by atomic mass is 16.1. The van der Waals surface area contributed by atoms with E-state index in [2.05, 4.69) is 11.9 Å². The summed E-state index contributed by atoms with van der Waals surface area (Å²) < 4.78 is 2.01. The van der Waals surface area contributed by atoms with Gasteiger partial charge >= 0.3 is 0 Å². The summed E-state index contributed by atoms with van der Waals surface area (Å²) in [5.41, 5.74) is 2.91. The lowest BCUT2D eigenvalue weighted by Crippen LogP contribution is -2.12. The number of carbonyl (C=O) groups excluding carboxylic acids is 1. The molecule has 0 unspecified atom stereocenters. The van der Waals surface area contributed by atoms with Crippen LogP contribution in [0.5, 0.6) is 0 Å². The van der Waals surface area contributed by atoms with E-state index in [0.717, 1.165) is 29.1 Å². The molecule has 0 radical (unpaired) electrons. The Morgan fingerprint density at radius 1 is 1.28 bits per heavy atom. The summed E-state index contributed by atoms with van der Waals surface area (Å²) in [5, 5.41) is 0. The minimum Gasteiger partial charge on any atom is -0.335 e. The minimum atomic E-state index is 0.145. The quantitative estimate of drug-likeness (QED) is 0.773. The molecule has 3 nitrogen and oxygen atoms in total. The van der Waals surface area contributed by atoms with Crippen LogP contribution in [-0.4, -0.2) is 15.3 Å². The maximum atomic E-state index is 12.4. The van der Waals surface area contributed by atoms with Gasteiger partial charge in [-0.2, -0.15) is 0 Å². The second kappa shape index (κ2) is 5.17. The number of imidazole rings is 1. The number of hydrogen-bond acceptors (Lipinski definition) is 2. The van der Waals surface area contributed by atoms with E-state index >= 15 is 0 Å². The zero-order valence-electron chi connectivity index (χ0n) is 11.1. The van der Waals surface area contributed by atoms with Crippen LogP contribution in [0.2, 0.25) is 0 Å². The van der Waals surface area contributed by atoms with Gasteiger partial charge in [0.25, 0.3) is 0 Å². The van der Waals surface area contributed by atoms with Crippen LogP contribution in [0, 0.1) is 13.8 Å². The molecule has 0 aliphatic heterocycles. The summed E-state index contributed by atoms with van der Waals surface area (Å²) in [6.07, 6.45) is 4.02. The fraction of sp³-hybridized carbons (Fsp3) is 0.333. The fourth-order valence-corrected chi connectivity index (χ4v) is 2.28. The molecule has 0 bridgehead atoms. The first kappa shape index (κ1) is 12.6. The van der Waals surface area contributed by atoms with Gasteiger partial charge in [0.2, 0.25) is 0 Å². The van der Waals surface area contributed by atoms with Crippen molar-refractivity contribution in [3.8, 4) is 0 Å². The highest BCUT2D eigenvalue weighted by Gasteiger charge is 2.14. The monoisotopic (exact) mass is 242 g/mol. The Labute approximate surface area is 107 Å². The number of aryl methyl sites for hydroxylation is 3. The van der Waals surface area contributed by atoms with E-state index in [4.69, 9.17) is 0 Å². The first-order valence-corrected chi connectivity index (χ1v) is 6.23. The lowest BCUT2D eigenvalue weighted by Gasteiger charge is -2.09. The molecule has 0 fully saturated rings. The van der Waals surface area contributed by atoms with E-state index < -0.39 is 0 Å². The van der Waals surface area contributed by atoms with Crippen molar-refractivity contribution in [2.75, 3.05) is 0 Å². The SMILES string of the molecule is CCn1ccnc1CC(=O)c1c(C)cccc1C. The predicted octanol–water partition coefficient (Wildman–Crippen LogP) is 2.95. The van der Waals surface area contributed by atoms with Gasteiger partial charge in [0.15, 0.2) is 5.78 Å². The lowest BCUT2D eigenvalue weighted by molar-refractivity contribution is 0.0988. The van der Waals surface area contributed by atoms with Crippen LogP contribution in [0.25, 0.3) is 0 Å². The number of hydrogen-bond donors (Lipinski definition) is 0. The number of carbonyl (C=O) groups is 1. The Hall–Kier alpha value is -1.90. The van der Waals surface area contributed by atoms with Crippen LogP contribution in [-0.2, 0) is 13.0 Å². The summed E-state index contributed by atoms with van der Waals surface area (Å²) in [6.45, 7) is 6.85. The zero-order valence-corrected chi connectivity index (χ0v) is 11.1. The summed E-state index contributed by atoms with van der Waals surface area (Å²) in [7, 11) is 0. The molecule has 0 N–H and O–H groups in total. The van der Waals surface area contributed by atoms with Gasteiger partial charge in [-0.3, -0.25) is 4.79 Å². The summed E-state index contributed by atoms with van der Waals surface area (Å²) in [5.74, 6) is 0.983. The van der Waals surface area contributed by atoms with Crippen molar-refractivity contribution in [1.29, 1.82) is 0 Å². The van der Waals surface area contributed by atoms with Crippen LogP contribution < -0.4 is 0 Å². The molecule has 0 atom stereocenters. The number of nitrogens with zero attached hydrogens (tertiary/aromatic N) is 2. The second-order valence-corrected chi connectivity index (χ2v) is 4.50. The van der Waals surface area contributed by atoms with Crippen molar-refractivity contribution in [3.05, 3.63) is 53.1 Å². The number of ketones is 1. The molecule has 0 spiro atoms. The average Bonchev–Trinajstić information content (AvgIpc) is 2.76. The van der Waals surface area contributed by atoms with Gasteiger partial charge in [-0.05, 0) is 31.9 Å². The fourth-order valence-electron chi connectivity index (χ4n) is 2.28. The average molecular weight is 242 g/mol. The van der Waals surface area contributed by atoms with E-state index in [0.29, 0.717) is 6.42 Å². The Morgan fingerprint density at radius 3 is 2.56 bits per heavy atom. The van der Waals surface area contributed by atoms with Crippen LogP contribution >= 0.6 is 0 Å². The van der Waals surface area contributed by atoms with E-state index in [1.54, 1.807) is 6.20 Å². The highest BCUT2D eigenvalue weighted by Crippen LogP contribution is 2.16. The maximum absolute atomic E-state index is 12.4. The van der Waals surface area contributed by atoms with Crippen molar-refractivity contribution in [2.45, 2.75) is 33.7 Å². The largest absolute Gasteiger partial charge is 0.335 e. The maximum Gasteiger partial charge on any atom is 0.170 e. The highest BCUT2D eigenvalue weighted by molar-refractivity contribution is 5.99. The molecule has 0 saturated heterocycles. The second-order valence-electron chi connectivity index (χ2n) is 4.50. The van der Waals surface area contributed by atoms with Gasteiger partial charge in [0, 0.05) is 24.5 Å². The molecular formula is C15H18N2O. The molecule has 3 heteroatoms. The minimum absolute atomic E-state index is 0.145. The number of Topliss-reactive ketones (excluding diaryl/α,β-unsaturated/α-hetero) is 1. The standard InChI is InChI=1S/C15H18N2O/c1-4-17-9-8-16-14(17)10-13(18)15-11(2)6-5-7-12(15)3/h5-9H,4,10H2,1-3H3. The van der Waals surface area contributed by atoms with Crippen molar-refractivity contribution < 1.29 is 4.79 Å². The molecule has 1 aromatic heterocycles. The van der Waals surface area contributed by atoms with Crippen LogP contribution in [0.15, 0.2) is 30.6 Å². The molecule has 0 aliphatic rings. The van der Waals surface area contributed by atoms with Crippen LogP contribution in [0.1, 0.15) is 34.2 Å². The van der Waals surface area contributed by atoms with Crippen molar-refractivity contribution in [1.82, 2.24) is 9.55 Å². The number of aromatic nitrogens is 2. The smallest absolute Gasteiger partial charge is 0.170 e. The predicted molar refractivity (Wildman–Crippen MR) is 71.9 cm³/mol. The van der Waals surface area contributed by atoms with Gasteiger partial charge < -0.3 is 4.57 Å². The number of rotatable bonds is 4. The summed E-state index contributed by atoms with van der Waals surface area (Å²) in [4.78, 5) is 16.6. The van der Waals surface area contributed by atoms with E-state index in [-0.39, 0.29) is 5.78 Å². The third-order valence-corrected chi connectivity index (χ3v) is 3.22. The van der Waals surface area contributed by atoms with Gasteiger partial charge in [0.05, 0.1) is 6.42 Å². The zero-order chi connectivity index (χ0) is 13.1. The third-order valence-electron chi connectivity index (χ3n) is 3.22. The van der Waals surface area contributed by atoms with Crippen molar-refractivity contribution >= 4 is 5.78 Å². The van der Waals surface area contributed by atoms with Crippen molar-refractivity contribution in [3.63, 3.8) is 0 Å². The first-order valence-electron chi connectivity index (χ1n) is 6.23.